The first-order valence-corrected chi connectivity index (χ1v) is 6.64. The van der Waals surface area contributed by atoms with E-state index in [0.717, 1.165) is 30.5 Å². The van der Waals surface area contributed by atoms with E-state index >= 15 is 0 Å². The molecule has 1 aliphatic heterocycles. The van der Waals surface area contributed by atoms with E-state index in [4.69, 9.17) is 5.11 Å². The van der Waals surface area contributed by atoms with Crippen molar-refractivity contribution >= 4 is 11.9 Å². The number of aryl methyl sites for hydroxylation is 1. The quantitative estimate of drug-likeness (QED) is 0.823. The molecule has 1 aromatic rings. The number of hydrogen-bond acceptors (Lipinski definition) is 4. The van der Waals surface area contributed by atoms with Gasteiger partial charge in [0, 0.05) is 25.7 Å². The number of nitrogens with zero attached hydrogens (tertiary/aromatic N) is 3. The lowest BCUT2D eigenvalue weighted by Crippen LogP contribution is -2.32. The van der Waals surface area contributed by atoms with Crippen molar-refractivity contribution < 1.29 is 9.90 Å². The number of fused-ring (bicyclic) bond motifs is 1. The smallest absolute Gasteiger partial charge is 0.308 e. The van der Waals surface area contributed by atoms with Crippen LogP contribution in [0, 0.1) is 5.92 Å². The van der Waals surface area contributed by atoms with Gasteiger partial charge in [-0.2, -0.15) is 0 Å². The van der Waals surface area contributed by atoms with Crippen LogP contribution in [0.2, 0.25) is 0 Å². The van der Waals surface area contributed by atoms with E-state index in [2.05, 4.69) is 4.98 Å². The van der Waals surface area contributed by atoms with Crippen LogP contribution in [0.15, 0.2) is 4.79 Å². The first-order valence-electron chi connectivity index (χ1n) is 6.64. The van der Waals surface area contributed by atoms with Crippen molar-refractivity contribution in [1.82, 2.24) is 9.55 Å². The number of carboxylic acids is 1. The van der Waals surface area contributed by atoms with Crippen molar-refractivity contribution in [3.05, 3.63) is 21.6 Å². The summed E-state index contributed by atoms with van der Waals surface area (Å²) >= 11 is 0. The molecule has 1 N–H and O–H groups in total. The average molecular weight is 263 g/mol. The van der Waals surface area contributed by atoms with E-state index < -0.39 is 5.97 Å². The first-order chi connectivity index (χ1) is 9.08. The van der Waals surface area contributed by atoms with Crippen LogP contribution in [0.25, 0.3) is 0 Å². The Hall–Kier alpha value is -1.85. The predicted molar refractivity (Wildman–Crippen MR) is 69.5 cm³/mol. The topological polar surface area (TPSA) is 75.4 Å². The monoisotopic (exact) mass is 263 g/mol. The molecule has 2 heterocycles. The van der Waals surface area contributed by atoms with Gasteiger partial charge < -0.3 is 10.0 Å². The standard InChI is InChI=1S/C13H17N3O3/c1-15-11(17)9-3-2-4-10(9)14-13(15)16-6-5-8(7-16)12(18)19/h8H,2-7H2,1H3,(H,18,19)/t8-/m1/s1. The zero-order chi connectivity index (χ0) is 13.6. The van der Waals surface area contributed by atoms with Gasteiger partial charge in [0.25, 0.3) is 5.56 Å². The Balaban J connectivity index is 1.96. The Morgan fingerprint density at radius 2 is 2.21 bits per heavy atom. The maximum absolute atomic E-state index is 12.2. The Kier molecular flexibility index (Phi) is 2.80. The van der Waals surface area contributed by atoms with E-state index in [1.807, 2.05) is 4.90 Å². The van der Waals surface area contributed by atoms with Crippen molar-refractivity contribution in [3.63, 3.8) is 0 Å². The third-order valence-electron chi connectivity index (χ3n) is 4.11. The van der Waals surface area contributed by atoms with Crippen LogP contribution in [0.5, 0.6) is 0 Å². The normalized spacial score (nSPS) is 21.7. The maximum atomic E-state index is 12.2. The molecule has 0 aromatic carbocycles. The lowest BCUT2D eigenvalue weighted by atomic mass is 10.1. The molecular formula is C13H17N3O3. The summed E-state index contributed by atoms with van der Waals surface area (Å²) in [7, 11) is 1.72. The fourth-order valence-corrected chi connectivity index (χ4v) is 3.00. The highest BCUT2D eigenvalue weighted by atomic mass is 16.4. The van der Waals surface area contributed by atoms with Crippen LogP contribution in [0.4, 0.5) is 5.95 Å². The number of rotatable bonds is 2. The molecule has 0 amide bonds. The van der Waals surface area contributed by atoms with Gasteiger partial charge in [-0.1, -0.05) is 0 Å². The Labute approximate surface area is 110 Å². The lowest BCUT2D eigenvalue weighted by molar-refractivity contribution is -0.140. The van der Waals surface area contributed by atoms with E-state index in [9.17, 15) is 9.59 Å². The molecule has 19 heavy (non-hydrogen) atoms. The highest BCUT2D eigenvalue weighted by molar-refractivity contribution is 5.71. The Bertz CT molecular complexity index is 594. The van der Waals surface area contributed by atoms with E-state index in [1.54, 1.807) is 11.6 Å². The van der Waals surface area contributed by atoms with Crippen molar-refractivity contribution in [2.75, 3.05) is 18.0 Å². The molecule has 1 fully saturated rings. The average Bonchev–Trinajstić information content (AvgIpc) is 3.01. The molecule has 1 atom stereocenters. The largest absolute Gasteiger partial charge is 0.481 e. The molecule has 1 aliphatic carbocycles. The van der Waals surface area contributed by atoms with Crippen LogP contribution < -0.4 is 10.5 Å². The van der Waals surface area contributed by atoms with Gasteiger partial charge in [0.05, 0.1) is 11.6 Å². The minimum atomic E-state index is -0.770. The third kappa shape index (κ3) is 1.91. The fraction of sp³-hybridized carbons (Fsp3) is 0.615. The van der Waals surface area contributed by atoms with Crippen LogP contribution in [-0.2, 0) is 24.7 Å². The third-order valence-corrected chi connectivity index (χ3v) is 4.11. The summed E-state index contributed by atoms with van der Waals surface area (Å²) < 4.78 is 1.56. The number of aliphatic carboxylic acids is 1. The summed E-state index contributed by atoms with van der Waals surface area (Å²) in [5.41, 5.74) is 1.76. The van der Waals surface area contributed by atoms with Gasteiger partial charge in [0.1, 0.15) is 0 Å². The second-order valence-corrected chi connectivity index (χ2v) is 5.32. The van der Waals surface area contributed by atoms with E-state index in [-0.39, 0.29) is 11.5 Å². The molecule has 1 saturated heterocycles. The molecule has 6 nitrogen and oxygen atoms in total. The van der Waals surface area contributed by atoms with Gasteiger partial charge in [0.2, 0.25) is 5.95 Å². The molecule has 1 aromatic heterocycles. The molecule has 2 aliphatic rings. The van der Waals surface area contributed by atoms with Gasteiger partial charge in [-0.05, 0) is 25.7 Å². The van der Waals surface area contributed by atoms with Crippen LogP contribution in [-0.4, -0.2) is 33.7 Å². The van der Waals surface area contributed by atoms with Crippen LogP contribution in [0.1, 0.15) is 24.1 Å². The molecule has 0 radical (unpaired) electrons. The zero-order valence-electron chi connectivity index (χ0n) is 10.9. The summed E-state index contributed by atoms with van der Waals surface area (Å²) in [4.78, 5) is 29.7. The minimum Gasteiger partial charge on any atom is -0.481 e. The SMILES string of the molecule is Cn1c(N2CC[C@@H](C(=O)O)C2)nc2c(c1=O)CCC2. The van der Waals surface area contributed by atoms with Crippen molar-refractivity contribution in [1.29, 1.82) is 0 Å². The van der Waals surface area contributed by atoms with Gasteiger partial charge in [0.15, 0.2) is 0 Å². The summed E-state index contributed by atoms with van der Waals surface area (Å²) in [6, 6.07) is 0. The van der Waals surface area contributed by atoms with Crippen molar-refractivity contribution in [2.24, 2.45) is 13.0 Å². The van der Waals surface area contributed by atoms with E-state index in [1.165, 1.54) is 0 Å². The molecule has 0 unspecified atom stereocenters. The molecule has 0 saturated carbocycles. The molecule has 6 heteroatoms. The molecule has 0 spiro atoms. The molecular weight excluding hydrogens is 246 g/mol. The summed E-state index contributed by atoms with van der Waals surface area (Å²) in [5, 5.41) is 9.04. The number of anilines is 1. The summed E-state index contributed by atoms with van der Waals surface area (Å²) in [6.45, 7) is 1.09. The highest BCUT2D eigenvalue weighted by Crippen LogP contribution is 2.24. The van der Waals surface area contributed by atoms with Gasteiger partial charge in [-0.15, -0.1) is 0 Å². The number of aromatic nitrogens is 2. The zero-order valence-corrected chi connectivity index (χ0v) is 10.9. The van der Waals surface area contributed by atoms with Crippen molar-refractivity contribution in [3.8, 4) is 0 Å². The molecule has 102 valence electrons. The number of carbonyl (C=O) groups is 1. The minimum absolute atomic E-state index is 0.0243. The van der Waals surface area contributed by atoms with Gasteiger partial charge in [-0.3, -0.25) is 14.2 Å². The number of hydrogen-bond donors (Lipinski definition) is 1. The Morgan fingerprint density at radius 3 is 2.89 bits per heavy atom. The number of carboxylic acid groups (broad SMARTS) is 1. The highest BCUT2D eigenvalue weighted by Gasteiger charge is 2.31. The summed E-state index contributed by atoms with van der Waals surface area (Å²) in [5.74, 6) is -0.506. The summed E-state index contributed by atoms with van der Waals surface area (Å²) in [6.07, 6.45) is 3.27. The van der Waals surface area contributed by atoms with Crippen LogP contribution in [0.3, 0.4) is 0 Å². The second kappa shape index (κ2) is 4.36. The first kappa shape index (κ1) is 12.2. The lowest BCUT2D eigenvalue weighted by Gasteiger charge is -2.20. The van der Waals surface area contributed by atoms with E-state index in [0.29, 0.717) is 25.5 Å². The van der Waals surface area contributed by atoms with Gasteiger partial charge >= 0.3 is 5.97 Å². The van der Waals surface area contributed by atoms with Crippen LogP contribution >= 0.6 is 0 Å². The Morgan fingerprint density at radius 1 is 1.42 bits per heavy atom. The second-order valence-electron chi connectivity index (χ2n) is 5.32. The fourth-order valence-electron chi connectivity index (χ4n) is 3.00. The van der Waals surface area contributed by atoms with Gasteiger partial charge in [-0.25, -0.2) is 4.98 Å². The molecule has 3 rings (SSSR count). The predicted octanol–water partition coefficient (Wildman–Crippen LogP) is 0.180. The molecule has 0 bridgehead atoms. The maximum Gasteiger partial charge on any atom is 0.308 e. The van der Waals surface area contributed by atoms with Crippen molar-refractivity contribution in [2.45, 2.75) is 25.7 Å².